The van der Waals surface area contributed by atoms with Gasteiger partial charge in [-0.05, 0) is 6.07 Å². The Morgan fingerprint density at radius 2 is 2.21 bits per heavy atom. The maximum absolute atomic E-state index is 5.43. The van der Waals surface area contributed by atoms with Crippen LogP contribution in [0.3, 0.4) is 0 Å². The van der Waals surface area contributed by atoms with Gasteiger partial charge in [0.1, 0.15) is 12.8 Å². The molecule has 72 valence electrons. The van der Waals surface area contributed by atoms with Crippen LogP contribution in [0.25, 0.3) is 0 Å². The zero-order valence-corrected chi connectivity index (χ0v) is 8.90. The first-order chi connectivity index (χ1) is 6.86. The van der Waals surface area contributed by atoms with E-state index in [0.717, 1.165) is 10.0 Å². The fourth-order valence-corrected chi connectivity index (χ4v) is 1.44. The van der Waals surface area contributed by atoms with Crippen LogP contribution < -0.4 is 4.74 Å². The van der Waals surface area contributed by atoms with Crippen molar-refractivity contribution in [3.8, 4) is 5.75 Å². The number of hydrogen-bond donors (Lipinski definition) is 0. The highest BCUT2D eigenvalue weighted by molar-refractivity contribution is 9.10. The summed E-state index contributed by atoms with van der Waals surface area (Å²) in [6.45, 7) is 0.503. The summed E-state index contributed by atoms with van der Waals surface area (Å²) < 4.78 is 11.1. The van der Waals surface area contributed by atoms with Crippen LogP contribution in [0, 0.1) is 0 Å². The lowest BCUT2D eigenvalue weighted by atomic mass is 10.2. The van der Waals surface area contributed by atoms with Crippen LogP contribution in [0.1, 0.15) is 5.56 Å². The van der Waals surface area contributed by atoms with E-state index in [-0.39, 0.29) is 0 Å². The van der Waals surface area contributed by atoms with Gasteiger partial charge in [-0.25, -0.2) is 0 Å². The Balaban J connectivity index is 2.02. The second kappa shape index (κ2) is 4.28. The Morgan fingerprint density at radius 1 is 1.36 bits per heavy atom. The molecular formula is C10H8BrNO2. The first kappa shape index (κ1) is 9.27. The third-order valence-electron chi connectivity index (χ3n) is 1.76. The van der Waals surface area contributed by atoms with Crippen LogP contribution in [0.5, 0.6) is 5.75 Å². The van der Waals surface area contributed by atoms with Crippen molar-refractivity contribution in [3.63, 3.8) is 0 Å². The van der Waals surface area contributed by atoms with E-state index >= 15 is 0 Å². The van der Waals surface area contributed by atoms with Crippen LogP contribution in [0.4, 0.5) is 0 Å². The summed E-state index contributed by atoms with van der Waals surface area (Å²) >= 11 is 3.44. The highest BCUT2D eigenvalue weighted by atomic mass is 79.9. The number of halogens is 1. The molecule has 0 aliphatic heterocycles. The predicted octanol–water partition coefficient (Wildman–Crippen LogP) is 3.02. The van der Waals surface area contributed by atoms with E-state index in [9.17, 15) is 0 Å². The summed E-state index contributed by atoms with van der Waals surface area (Å²) in [5.74, 6) is 0.640. The van der Waals surface area contributed by atoms with Crippen molar-refractivity contribution in [1.29, 1.82) is 0 Å². The fraction of sp³-hybridized carbons (Fsp3) is 0.100. The molecule has 0 atom stereocenters. The molecule has 0 radical (unpaired) electrons. The molecule has 2 rings (SSSR count). The summed E-state index contributed by atoms with van der Waals surface area (Å²) in [6.07, 6.45) is 3.01. The first-order valence-corrected chi connectivity index (χ1v) is 4.91. The molecule has 4 heteroatoms. The zero-order valence-electron chi connectivity index (χ0n) is 7.31. The molecular weight excluding hydrogens is 246 g/mol. The third-order valence-corrected chi connectivity index (χ3v) is 2.54. The van der Waals surface area contributed by atoms with E-state index in [0.29, 0.717) is 12.4 Å². The Morgan fingerprint density at radius 3 is 2.93 bits per heavy atom. The van der Waals surface area contributed by atoms with Crippen molar-refractivity contribution in [2.45, 2.75) is 6.61 Å². The maximum atomic E-state index is 5.43. The average molecular weight is 254 g/mol. The van der Waals surface area contributed by atoms with E-state index in [1.165, 1.54) is 12.5 Å². The number of ether oxygens (including phenoxy) is 1. The monoisotopic (exact) mass is 253 g/mol. The molecule has 1 aromatic carbocycles. The minimum atomic E-state index is 0.503. The normalized spacial score (nSPS) is 10.1. The summed E-state index contributed by atoms with van der Waals surface area (Å²) in [7, 11) is 0. The van der Waals surface area contributed by atoms with Gasteiger partial charge in [0, 0.05) is 10.0 Å². The Labute approximate surface area is 89.8 Å². The van der Waals surface area contributed by atoms with Crippen molar-refractivity contribution in [2.75, 3.05) is 0 Å². The molecule has 0 bridgehead atoms. The molecule has 3 nitrogen and oxygen atoms in total. The van der Waals surface area contributed by atoms with Gasteiger partial charge in [-0.15, -0.1) is 0 Å². The maximum Gasteiger partial charge on any atom is 0.179 e. The van der Waals surface area contributed by atoms with E-state index in [4.69, 9.17) is 4.74 Å². The highest BCUT2D eigenvalue weighted by Crippen LogP contribution is 2.18. The van der Waals surface area contributed by atoms with Gasteiger partial charge in [0.15, 0.2) is 12.0 Å². The number of hydrogen-bond acceptors (Lipinski definition) is 3. The van der Waals surface area contributed by atoms with Crippen molar-refractivity contribution in [2.24, 2.45) is 0 Å². The number of rotatable bonds is 3. The quantitative estimate of drug-likeness (QED) is 0.844. The van der Waals surface area contributed by atoms with Gasteiger partial charge in [0.25, 0.3) is 0 Å². The summed E-state index contributed by atoms with van der Waals surface area (Å²) in [4.78, 5) is 0. The lowest BCUT2D eigenvalue weighted by molar-refractivity contribution is 0.300. The summed E-state index contributed by atoms with van der Waals surface area (Å²) in [5.41, 5.74) is 1.09. The van der Waals surface area contributed by atoms with E-state index in [2.05, 4.69) is 25.6 Å². The van der Waals surface area contributed by atoms with Crippen LogP contribution >= 0.6 is 15.9 Å². The lowest BCUT2D eigenvalue weighted by Crippen LogP contribution is -1.94. The number of benzene rings is 1. The molecule has 0 N–H and O–H groups in total. The third kappa shape index (κ3) is 2.14. The molecule has 0 amide bonds. The van der Waals surface area contributed by atoms with Gasteiger partial charge >= 0.3 is 0 Å². The molecule has 1 aromatic heterocycles. The average Bonchev–Trinajstić information content (AvgIpc) is 2.69. The zero-order chi connectivity index (χ0) is 9.80. The van der Waals surface area contributed by atoms with Gasteiger partial charge in [0.2, 0.25) is 0 Å². The molecule has 14 heavy (non-hydrogen) atoms. The van der Waals surface area contributed by atoms with E-state index < -0.39 is 0 Å². The second-order valence-corrected chi connectivity index (χ2v) is 3.59. The van der Waals surface area contributed by atoms with Gasteiger partial charge < -0.3 is 9.26 Å². The van der Waals surface area contributed by atoms with Gasteiger partial charge in [0.05, 0.1) is 0 Å². The van der Waals surface area contributed by atoms with E-state index in [1.807, 2.05) is 24.3 Å². The fourth-order valence-electron chi connectivity index (χ4n) is 1.04. The second-order valence-electron chi connectivity index (χ2n) is 2.74. The smallest absolute Gasteiger partial charge is 0.179 e. The van der Waals surface area contributed by atoms with Crippen LogP contribution in [-0.4, -0.2) is 5.16 Å². The topological polar surface area (TPSA) is 35.3 Å². The lowest BCUT2D eigenvalue weighted by Gasteiger charge is -2.04. The standard InChI is InChI=1S/C10H8BrNO2/c11-10-4-2-1-3-8(10)6-13-9-5-12-14-7-9/h1-5,7H,6H2. The number of aromatic nitrogens is 1. The van der Waals surface area contributed by atoms with Gasteiger partial charge in [-0.3, -0.25) is 0 Å². The SMILES string of the molecule is Brc1ccccc1COc1cnoc1. The minimum absolute atomic E-state index is 0.503. The molecule has 0 spiro atoms. The molecule has 0 saturated carbocycles. The van der Waals surface area contributed by atoms with Gasteiger partial charge in [-0.1, -0.05) is 39.3 Å². The van der Waals surface area contributed by atoms with Crippen molar-refractivity contribution in [3.05, 3.63) is 46.8 Å². The number of nitrogens with zero attached hydrogens (tertiary/aromatic N) is 1. The summed E-state index contributed by atoms with van der Waals surface area (Å²) in [5, 5.41) is 3.55. The summed E-state index contributed by atoms with van der Waals surface area (Å²) in [6, 6.07) is 7.91. The van der Waals surface area contributed by atoms with E-state index in [1.54, 1.807) is 0 Å². The predicted molar refractivity (Wildman–Crippen MR) is 55.0 cm³/mol. The van der Waals surface area contributed by atoms with Crippen LogP contribution in [-0.2, 0) is 6.61 Å². The molecule has 0 saturated heterocycles. The highest BCUT2D eigenvalue weighted by Gasteiger charge is 2.00. The first-order valence-electron chi connectivity index (χ1n) is 4.12. The molecule has 1 heterocycles. The van der Waals surface area contributed by atoms with Crippen molar-refractivity contribution >= 4 is 15.9 Å². The van der Waals surface area contributed by atoms with Gasteiger partial charge in [-0.2, -0.15) is 0 Å². The molecule has 0 aliphatic carbocycles. The Bertz CT molecular complexity index is 400. The van der Waals surface area contributed by atoms with Crippen LogP contribution in [0.15, 0.2) is 45.7 Å². The largest absolute Gasteiger partial charge is 0.484 e. The molecule has 0 aliphatic rings. The Kier molecular flexibility index (Phi) is 2.84. The van der Waals surface area contributed by atoms with Crippen molar-refractivity contribution < 1.29 is 9.26 Å². The minimum Gasteiger partial charge on any atom is -0.484 e. The van der Waals surface area contributed by atoms with Crippen molar-refractivity contribution in [1.82, 2.24) is 5.16 Å². The Hall–Kier alpha value is -1.29. The molecule has 2 aromatic rings. The molecule has 0 unspecified atom stereocenters. The van der Waals surface area contributed by atoms with Crippen LogP contribution in [0.2, 0.25) is 0 Å². The molecule has 0 fully saturated rings.